The molecular formula is C15H16ClN3O4. The Morgan fingerprint density at radius 2 is 1.70 bits per heavy atom. The van der Waals surface area contributed by atoms with Gasteiger partial charge in [0.25, 0.3) is 0 Å². The van der Waals surface area contributed by atoms with Gasteiger partial charge in [-0.2, -0.15) is 0 Å². The van der Waals surface area contributed by atoms with Gasteiger partial charge in [-0.15, -0.1) is 0 Å². The molecule has 1 heterocycles. The van der Waals surface area contributed by atoms with Gasteiger partial charge in [-0.05, 0) is 30.7 Å². The van der Waals surface area contributed by atoms with Crippen LogP contribution in [0.1, 0.15) is 19.8 Å². The van der Waals surface area contributed by atoms with Crippen molar-refractivity contribution >= 4 is 41.0 Å². The summed E-state index contributed by atoms with van der Waals surface area (Å²) in [6.07, 6.45) is 1.39. The van der Waals surface area contributed by atoms with E-state index in [0.29, 0.717) is 22.0 Å². The van der Waals surface area contributed by atoms with Crippen molar-refractivity contribution < 1.29 is 19.2 Å². The van der Waals surface area contributed by atoms with Crippen molar-refractivity contribution in [1.29, 1.82) is 0 Å². The minimum Gasteiger partial charge on any atom is -0.325 e. The molecule has 0 aliphatic carbocycles. The monoisotopic (exact) mass is 337 g/mol. The van der Waals surface area contributed by atoms with Gasteiger partial charge in [0.2, 0.25) is 5.91 Å². The van der Waals surface area contributed by atoms with E-state index in [1.807, 2.05) is 6.92 Å². The van der Waals surface area contributed by atoms with Crippen LogP contribution in [0.4, 0.5) is 10.5 Å². The Morgan fingerprint density at radius 1 is 1.09 bits per heavy atom. The van der Waals surface area contributed by atoms with E-state index in [1.54, 1.807) is 24.3 Å². The Kier molecular flexibility index (Phi) is 5.33. The number of hydrogen-bond donors (Lipinski definition) is 1. The second-order valence-electron chi connectivity index (χ2n) is 5.04. The lowest BCUT2D eigenvalue weighted by atomic mass is 10.3. The molecule has 7 nitrogen and oxygen atoms in total. The first kappa shape index (κ1) is 17.0. The molecule has 0 aromatic heterocycles. The fourth-order valence-corrected chi connectivity index (χ4v) is 2.21. The minimum atomic E-state index is -0.975. The number of anilines is 1. The third kappa shape index (κ3) is 3.87. The highest BCUT2D eigenvalue weighted by Crippen LogP contribution is 2.15. The van der Waals surface area contributed by atoms with Crippen LogP contribution in [0.25, 0.3) is 0 Å². The van der Waals surface area contributed by atoms with Gasteiger partial charge in [-0.25, -0.2) is 9.69 Å². The molecule has 1 aromatic rings. The van der Waals surface area contributed by atoms with Gasteiger partial charge in [0, 0.05) is 17.3 Å². The van der Waals surface area contributed by atoms with E-state index < -0.39 is 30.3 Å². The summed E-state index contributed by atoms with van der Waals surface area (Å²) in [7, 11) is 0. The Labute approximate surface area is 138 Å². The van der Waals surface area contributed by atoms with Crippen LogP contribution < -0.4 is 5.32 Å². The largest absolute Gasteiger partial charge is 0.334 e. The number of imide groups is 2. The molecule has 2 rings (SSSR count). The van der Waals surface area contributed by atoms with E-state index in [9.17, 15) is 19.2 Å². The molecule has 1 fully saturated rings. The van der Waals surface area contributed by atoms with Crippen molar-refractivity contribution in [1.82, 2.24) is 9.80 Å². The summed E-state index contributed by atoms with van der Waals surface area (Å²) in [4.78, 5) is 49.2. The van der Waals surface area contributed by atoms with E-state index in [0.717, 1.165) is 11.3 Å². The number of benzene rings is 1. The van der Waals surface area contributed by atoms with E-state index in [-0.39, 0.29) is 6.54 Å². The minimum absolute atomic E-state index is 0.176. The van der Waals surface area contributed by atoms with E-state index >= 15 is 0 Å². The highest BCUT2D eigenvalue weighted by Gasteiger charge is 2.44. The number of urea groups is 1. The third-order valence-corrected chi connectivity index (χ3v) is 3.55. The number of carbonyl (C=O) groups excluding carboxylic acids is 4. The Hall–Kier alpha value is -2.41. The summed E-state index contributed by atoms with van der Waals surface area (Å²) >= 11 is 5.74. The molecule has 1 N–H and O–H groups in total. The van der Waals surface area contributed by atoms with Crippen LogP contribution in [0.15, 0.2) is 24.3 Å². The first-order valence-electron chi connectivity index (χ1n) is 7.16. The summed E-state index contributed by atoms with van der Waals surface area (Å²) < 4.78 is 0. The molecular weight excluding hydrogens is 322 g/mol. The Morgan fingerprint density at radius 3 is 2.30 bits per heavy atom. The molecule has 1 aliphatic heterocycles. The zero-order chi connectivity index (χ0) is 17.0. The van der Waals surface area contributed by atoms with Gasteiger partial charge in [0.1, 0.15) is 6.54 Å². The zero-order valence-corrected chi connectivity index (χ0v) is 13.3. The number of nitrogens with one attached hydrogen (secondary N) is 1. The summed E-state index contributed by atoms with van der Waals surface area (Å²) in [5, 5.41) is 3.06. The highest BCUT2D eigenvalue weighted by molar-refractivity contribution is 6.45. The Bertz CT molecular complexity index is 645. The number of unbranched alkanes of at least 4 members (excludes halogenated alkanes) is 1. The van der Waals surface area contributed by atoms with Crippen LogP contribution in [0, 0.1) is 0 Å². The molecule has 122 valence electrons. The second-order valence-corrected chi connectivity index (χ2v) is 5.48. The molecule has 1 aromatic carbocycles. The summed E-state index contributed by atoms with van der Waals surface area (Å²) in [6, 6.07) is 5.62. The van der Waals surface area contributed by atoms with Crippen molar-refractivity contribution in [2.75, 3.05) is 18.4 Å². The van der Waals surface area contributed by atoms with Crippen molar-refractivity contribution in [3.63, 3.8) is 0 Å². The van der Waals surface area contributed by atoms with E-state index in [1.165, 1.54) is 0 Å². The number of hydrogen-bond acceptors (Lipinski definition) is 4. The van der Waals surface area contributed by atoms with Gasteiger partial charge in [0.15, 0.2) is 0 Å². The molecule has 0 unspecified atom stereocenters. The fourth-order valence-electron chi connectivity index (χ4n) is 2.08. The van der Waals surface area contributed by atoms with E-state index in [2.05, 4.69) is 5.32 Å². The molecule has 0 spiro atoms. The maximum absolute atomic E-state index is 12.1. The number of halogens is 1. The first-order chi connectivity index (χ1) is 10.9. The SMILES string of the molecule is CCCCN1C(=O)C(=O)N(CC(=O)Nc2ccc(Cl)cc2)C1=O. The predicted octanol–water partition coefficient (Wildman–Crippen LogP) is 1.87. The molecule has 1 aliphatic rings. The van der Waals surface area contributed by atoms with Crippen LogP contribution >= 0.6 is 11.6 Å². The highest BCUT2D eigenvalue weighted by atomic mass is 35.5. The molecule has 1 saturated heterocycles. The summed E-state index contributed by atoms with van der Waals surface area (Å²) in [6.45, 7) is 1.58. The predicted molar refractivity (Wildman–Crippen MR) is 83.8 cm³/mol. The third-order valence-electron chi connectivity index (χ3n) is 3.30. The molecule has 0 bridgehead atoms. The lowest BCUT2D eigenvalue weighted by molar-refractivity contribution is -0.143. The molecule has 23 heavy (non-hydrogen) atoms. The summed E-state index contributed by atoms with van der Waals surface area (Å²) in [5.41, 5.74) is 0.479. The maximum Gasteiger partial charge on any atom is 0.334 e. The van der Waals surface area contributed by atoms with Gasteiger partial charge in [-0.3, -0.25) is 19.3 Å². The van der Waals surface area contributed by atoms with Crippen molar-refractivity contribution in [2.45, 2.75) is 19.8 Å². The van der Waals surface area contributed by atoms with Crippen molar-refractivity contribution in [3.8, 4) is 0 Å². The quantitative estimate of drug-likeness (QED) is 0.634. The number of nitrogens with zero attached hydrogens (tertiary/aromatic N) is 2. The van der Waals surface area contributed by atoms with Crippen LogP contribution in [0.5, 0.6) is 0 Å². The molecule has 8 heteroatoms. The zero-order valence-electron chi connectivity index (χ0n) is 12.5. The normalized spacial score (nSPS) is 14.6. The summed E-state index contributed by atoms with van der Waals surface area (Å²) in [5.74, 6) is -2.43. The Balaban J connectivity index is 2.00. The average molecular weight is 338 g/mol. The van der Waals surface area contributed by atoms with Gasteiger partial charge in [-0.1, -0.05) is 24.9 Å². The number of amides is 5. The van der Waals surface area contributed by atoms with Crippen molar-refractivity contribution in [3.05, 3.63) is 29.3 Å². The van der Waals surface area contributed by atoms with Crippen LogP contribution in [-0.4, -0.2) is 46.6 Å². The van der Waals surface area contributed by atoms with Crippen LogP contribution in [-0.2, 0) is 14.4 Å². The van der Waals surface area contributed by atoms with Crippen LogP contribution in [0.3, 0.4) is 0 Å². The first-order valence-corrected chi connectivity index (χ1v) is 7.54. The fraction of sp³-hybridized carbons (Fsp3) is 0.333. The lowest BCUT2D eigenvalue weighted by Crippen LogP contribution is -2.39. The topological polar surface area (TPSA) is 86.8 Å². The van der Waals surface area contributed by atoms with Gasteiger partial charge < -0.3 is 5.32 Å². The lowest BCUT2D eigenvalue weighted by Gasteiger charge is -2.15. The molecule has 0 radical (unpaired) electrons. The molecule has 0 atom stereocenters. The van der Waals surface area contributed by atoms with Crippen LogP contribution in [0.2, 0.25) is 5.02 Å². The average Bonchev–Trinajstić information content (AvgIpc) is 2.72. The smallest absolute Gasteiger partial charge is 0.325 e. The standard InChI is InChI=1S/C15H16ClN3O4/c1-2-3-8-18-13(21)14(22)19(15(18)23)9-12(20)17-11-6-4-10(16)5-7-11/h4-7H,2-3,8-9H2,1H3,(H,17,20). The number of rotatable bonds is 6. The van der Waals surface area contributed by atoms with Crippen molar-refractivity contribution in [2.24, 2.45) is 0 Å². The maximum atomic E-state index is 12.1. The molecule has 5 amide bonds. The molecule has 0 saturated carbocycles. The van der Waals surface area contributed by atoms with Gasteiger partial charge >= 0.3 is 17.8 Å². The van der Waals surface area contributed by atoms with Gasteiger partial charge in [0.05, 0.1) is 0 Å². The number of carbonyl (C=O) groups is 4. The second kappa shape index (κ2) is 7.23. The van der Waals surface area contributed by atoms with E-state index in [4.69, 9.17) is 11.6 Å².